The van der Waals surface area contributed by atoms with Crippen LogP contribution in [-0.4, -0.2) is 34.9 Å². The quantitative estimate of drug-likeness (QED) is 0.455. The number of nitrogens with one attached hydrogen (secondary N) is 1. The summed E-state index contributed by atoms with van der Waals surface area (Å²) in [4.78, 5) is 24.1. The number of aromatic nitrogens is 2. The molecule has 8 heteroatoms. The standard InChI is InChI=1S/C26H30F2N4O2.H2/c1-16(2)19-7-5-8-20(13-19)31-25(33)23-17(3)21(22-15-29-18(4)34-22)14-30-24(23)32-11-6-9-26(27,28)10-12-32;/h5,7-8,13-16H,6,9-12H2,1-4H3,(H,31,33);1H. The summed E-state index contributed by atoms with van der Waals surface area (Å²) < 4.78 is 33.7. The zero-order valence-corrected chi connectivity index (χ0v) is 20.0. The van der Waals surface area contributed by atoms with Gasteiger partial charge >= 0.3 is 0 Å². The fourth-order valence-corrected chi connectivity index (χ4v) is 4.28. The van der Waals surface area contributed by atoms with Gasteiger partial charge in [0.05, 0.1) is 11.8 Å². The van der Waals surface area contributed by atoms with Crippen molar-refractivity contribution in [3.05, 3.63) is 59.2 Å². The minimum atomic E-state index is -2.71. The second-order valence-electron chi connectivity index (χ2n) is 9.17. The van der Waals surface area contributed by atoms with Crippen molar-refractivity contribution in [2.75, 3.05) is 23.3 Å². The molecule has 1 saturated heterocycles. The lowest BCUT2D eigenvalue weighted by Crippen LogP contribution is -2.30. The van der Waals surface area contributed by atoms with Gasteiger partial charge in [-0.2, -0.15) is 0 Å². The Morgan fingerprint density at radius 2 is 1.97 bits per heavy atom. The van der Waals surface area contributed by atoms with Crippen molar-refractivity contribution >= 4 is 17.4 Å². The van der Waals surface area contributed by atoms with Gasteiger partial charge < -0.3 is 14.6 Å². The number of carbonyl (C=O) groups excluding carboxylic acids is 1. The maximum atomic E-state index is 14.0. The van der Waals surface area contributed by atoms with Gasteiger partial charge in [0.15, 0.2) is 11.7 Å². The second kappa shape index (κ2) is 9.52. The zero-order valence-electron chi connectivity index (χ0n) is 20.0. The van der Waals surface area contributed by atoms with Crippen LogP contribution in [0.1, 0.15) is 67.8 Å². The van der Waals surface area contributed by atoms with Crippen molar-refractivity contribution < 1.29 is 19.4 Å². The summed E-state index contributed by atoms with van der Waals surface area (Å²) in [5.41, 5.74) is 3.44. The first kappa shape index (κ1) is 23.9. The SMILES string of the molecule is Cc1ncc(-c2cnc(N3CCCC(F)(F)CC3)c(C(=O)Nc3cccc(C(C)C)c3)c2C)o1.[HH]. The van der Waals surface area contributed by atoms with Crippen LogP contribution in [0.3, 0.4) is 0 Å². The Kier molecular flexibility index (Phi) is 6.68. The Balaban J connectivity index is 0.00000342. The molecule has 1 fully saturated rings. The number of alkyl halides is 2. The van der Waals surface area contributed by atoms with E-state index >= 15 is 0 Å². The molecule has 3 heterocycles. The lowest BCUT2D eigenvalue weighted by Gasteiger charge is -2.25. The molecule has 182 valence electrons. The van der Waals surface area contributed by atoms with Crippen LogP contribution in [0, 0.1) is 13.8 Å². The fraction of sp³-hybridized carbons (Fsp3) is 0.423. The number of pyridine rings is 1. The summed E-state index contributed by atoms with van der Waals surface area (Å²) in [6.45, 7) is 8.28. The summed E-state index contributed by atoms with van der Waals surface area (Å²) >= 11 is 0. The third kappa shape index (κ3) is 5.11. The predicted octanol–water partition coefficient (Wildman–Crippen LogP) is 6.60. The summed E-state index contributed by atoms with van der Waals surface area (Å²) in [5, 5.41) is 2.99. The molecule has 0 aliphatic carbocycles. The molecule has 0 saturated carbocycles. The lowest BCUT2D eigenvalue weighted by atomic mass is 10.0. The highest BCUT2D eigenvalue weighted by atomic mass is 19.3. The van der Waals surface area contributed by atoms with E-state index in [2.05, 4.69) is 29.1 Å². The molecule has 0 spiro atoms. The van der Waals surface area contributed by atoms with Crippen molar-refractivity contribution in [1.29, 1.82) is 0 Å². The molecule has 0 bridgehead atoms. The first-order valence-electron chi connectivity index (χ1n) is 11.6. The Morgan fingerprint density at radius 3 is 2.68 bits per heavy atom. The van der Waals surface area contributed by atoms with E-state index in [1.54, 1.807) is 24.2 Å². The Labute approximate surface area is 199 Å². The molecule has 3 aromatic rings. The van der Waals surface area contributed by atoms with E-state index in [1.165, 1.54) is 0 Å². The van der Waals surface area contributed by atoms with Crippen LogP contribution in [0.5, 0.6) is 0 Å². The van der Waals surface area contributed by atoms with Crippen molar-refractivity contribution in [3.8, 4) is 11.3 Å². The van der Waals surface area contributed by atoms with Gasteiger partial charge in [-0.05, 0) is 42.5 Å². The topological polar surface area (TPSA) is 71.3 Å². The van der Waals surface area contributed by atoms with Gasteiger partial charge in [0.25, 0.3) is 5.91 Å². The highest BCUT2D eigenvalue weighted by Gasteiger charge is 2.33. The molecule has 34 heavy (non-hydrogen) atoms. The van der Waals surface area contributed by atoms with E-state index in [9.17, 15) is 13.6 Å². The molecule has 6 nitrogen and oxygen atoms in total. The number of aryl methyl sites for hydroxylation is 1. The summed E-state index contributed by atoms with van der Waals surface area (Å²) in [6.07, 6.45) is 3.12. The van der Waals surface area contributed by atoms with Crippen molar-refractivity contribution in [2.24, 2.45) is 0 Å². The molecule has 1 aromatic carbocycles. The maximum absolute atomic E-state index is 14.0. The number of rotatable bonds is 5. The van der Waals surface area contributed by atoms with Crippen LogP contribution in [-0.2, 0) is 0 Å². The maximum Gasteiger partial charge on any atom is 0.259 e. The molecule has 0 unspecified atom stereocenters. The number of benzene rings is 1. The molecule has 4 rings (SSSR count). The first-order chi connectivity index (χ1) is 16.1. The second-order valence-corrected chi connectivity index (χ2v) is 9.17. The van der Waals surface area contributed by atoms with Crippen LogP contribution in [0.15, 0.2) is 41.1 Å². The monoisotopic (exact) mass is 470 g/mol. The number of nitrogens with zero attached hydrogens (tertiary/aromatic N) is 3. The third-order valence-electron chi connectivity index (χ3n) is 6.26. The van der Waals surface area contributed by atoms with Crippen molar-refractivity contribution in [1.82, 2.24) is 9.97 Å². The third-order valence-corrected chi connectivity index (χ3v) is 6.26. The molecular formula is C26H32F2N4O2. The summed E-state index contributed by atoms with van der Waals surface area (Å²) in [5.74, 6) is -1.31. The largest absolute Gasteiger partial charge is 0.441 e. The van der Waals surface area contributed by atoms with E-state index < -0.39 is 5.92 Å². The molecule has 1 amide bonds. The van der Waals surface area contributed by atoms with Gasteiger partial charge in [-0.15, -0.1) is 0 Å². The summed E-state index contributed by atoms with van der Waals surface area (Å²) in [6, 6.07) is 7.70. The average Bonchev–Trinajstić information content (AvgIpc) is 3.12. The number of hydrogen-bond donors (Lipinski definition) is 1. The van der Waals surface area contributed by atoms with E-state index in [1.807, 2.05) is 31.2 Å². The molecule has 1 aliphatic rings. The number of oxazole rings is 1. The Morgan fingerprint density at radius 1 is 1.18 bits per heavy atom. The highest BCUT2D eigenvalue weighted by Crippen LogP contribution is 2.35. The normalized spacial score (nSPS) is 15.9. The van der Waals surface area contributed by atoms with Gasteiger partial charge in [0.1, 0.15) is 5.82 Å². The predicted molar refractivity (Wildman–Crippen MR) is 131 cm³/mol. The van der Waals surface area contributed by atoms with Gasteiger partial charge in [-0.3, -0.25) is 4.79 Å². The number of amides is 1. The van der Waals surface area contributed by atoms with E-state index in [4.69, 9.17) is 4.42 Å². The molecule has 2 aromatic heterocycles. The van der Waals surface area contributed by atoms with Gasteiger partial charge in [-0.1, -0.05) is 26.0 Å². The van der Waals surface area contributed by atoms with Crippen LogP contribution < -0.4 is 10.2 Å². The minimum absolute atomic E-state index is 0. The molecule has 0 radical (unpaired) electrons. The van der Waals surface area contributed by atoms with Crippen LogP contribution >= 0.6 is 0 Å². The average molecular weight is 471 g/mol. The van der Waals surface area contributed by atoms with Crippen LogP contribution in [0.2, 0.25) is 0 Å². The number of halogens is 2. The van der Waals surface area contributed by atoms with Crippen molar-refractivity contribution in [2.45, 2.75) is 58.8 Å². The van der Waals surface area contributed by atoms with Gasteiger partial charge in [-0.25, -0.2) is 18.7 Å². The number of hydrogen-bond acceptors (Lipinski definition) is 5. The molecule has 0 atom stereocenters. The van der Waals surface area contributed by atoms with E-state index in [0.717, 1.165) is 5.56 Å². The smallest absolute Gasteiger partial charge is 0.259 e. The van der Waals surface area contributed by atoms with Crippen molar-refractivity contribution in [3.63, 3.8) is 0 Å². The first-order valence-corrected chi connectivity index (χ1v) is 11.6. The minimum Gasteiger partial charge on any atom is -0.441 e. The fourth-order valence-electron chi connectivity index (χ4n) is 4.28. The Bertz CT molecular complexity index is 1200. The van der Waals surface area contributed by atoms with Crippen LogP contribution in [0.25, 0.3) is 11.3 Å². The Hall–Kier alpha value is -3.29. The van der Waals surface area contributed by atoms with Crippen LogP contribution in [0.4, 0.5) is 20.3 Å². The molecular weight excluding hydrogens is 438 g/mol. The van der Waals surface area contributed by atoms with Gasteiger partial charge in [0, 0.05) is 51.7 Å². The summed E-state index contributed by atoms with van der Waals surface area (Å²) in [7, 11) is 0. The number of anilines is 2. The van der Waals surface area contributed by atoms with E-state index in [0.29, 0.717) is 58.7 Å². The number of carbonyl (C=O) groups is 1. The lowest BCUT2D eigenvalue weighted by molar-refractivity contribution is -0.0102. The highest BCUT2D eigenvalue weighted by molar-refractivity contribution is 6.09. The molecule has 1 N–H and O–H groups in total. The van der Waals surface area contributed by atoms with E-state index in [-0.39, 0.29) is 26.7 Å². The zero-order chi connectivity index (χ0) is 24.5. The molecule has 1 aliphatic heterocycles. The van der Waals surface area contributed by atoms with Gasteiger partial charge in [0.2, 0.25) is 5.92 Å².